The Hall–Kier alpha value is -2.49. The van der Waals surface area contributed by atoms with Gasteiger partial charge < -0.3 is 20.4 Å². The number of aromatic nitrogens is 4. The lowest BCUT2D eigenvalue weighted by Crippen LogP contribution is -2.44. The molecule has 2 aliphatic heterocycles. The number of aromatic amines is 1. The van der Waals surface area contributed by atoms with Crippen LogP contribution in [-0.2, 0) is 0 Å². The van der Waals surface area contributed by atoms with E-state index in [0.29, 0.717) is 35.9 Å². The first-order valence-corrected chi connectivity index (χ1v) is 9.86. The third-order valence-electron chi connectivity index (χ3n) is 5.47. The van der Waals surface area contributed by atoms with Crippen molar-refractivity contribution in [3.8, 4) is 0 Å². The van der Waals surface area contributed by atoms with Crippen LogP contribution in [0.5, 0.6) is 0 Å². The summed E-state index contributed by atoms with van der Waals surface area (Å²) in [6, 6.07) is 3.73. The van der Waals surface area contributed by atoms with Crippen LogP contribution in [-0.4, -0.2) is 65.4 Å². The minimum absolute atomic E-state index is 0.146. The maximum absolute atomic E-state index is 13.7. The van der Waals surface area contributed by atoms with Gasteiger partial charge in [0.1, 0.15) is 11.6 Å². The summed E-state index contributed by atoms with van der Waals surface area (Å²) in [4.78, 5) is 13.0. The van der Waals surface area contributed by atoms with Gasteiger partial charge in [0, 0.05) is 62.9 Å². The van der Waals surface area contributed by atoms with E-state index < -0.39 is 5.92 Å². The first-order chi connectivity index (χ1) is 13.6. The number of nitrogens with one attached hydrogen (secondary N) is 3. The second-order valence-electron chi connectivity index (χ2n) is 7.78. The monoisotopic (exact) mass is 390 g/mol. The van der Waals surface area contributed by atoms with Crippen LogP contribution in [0.3, 0.4) is 0 Å². The fraction of sp³-hybridized carbons (Fsp3) is 0.611. The van der Waals surface area contributed by atoms with E-state index in [1.807, 2.05) is 6.07 Å². The van der Waals surface area contributed by atoms with E-state index >= 15 is 0 Å². The van der Waals surface area contributed by atoms with Crippen molar-refractivity contribution in [2.24, 2.45) is 0 Å². The van der Waals surface area contributed by atoms with Gasteiger partial charge >= 0.3 is 0 Å². The number of hydrogen-bond donors (Lipinski definition) is 3. The summed E-state index contributed by atoms with van der Waals surface area (Å²) >= 11 is 0. The average molecular weight is 390 g/mol. The minimum atomic E-state index is -2.67. The van der Waals surface area contributed by atoms with Crippen LogP contribution < -0.4 is 20.4 Å². The fourth-order valence-corrected chi connectivity index (χ4v) is 3.72. The Morgan fingerprint density at radius 3 is 2.57 bits per heavy atom. The normalized spacial score (nSPS) is 21.9. The Bertz CT molecular complexity index is 844. The molecule has 8 nitrogen and oxygen atoms in total. The molecule has 2 aromatic rings. The van der Waals surface area contributed by atoms with Gasteiger partial charge in [-0.2, -0.15) is 15.1 Å². The molecule has 4 heterocycles. The third-order valence-corrected chi connectivity index (χ3v) is 5.47. The second kappa shape index (κ2) is 6.84. The van der Waals surface area contributed by atoms with Crippen LogP contribution in [0.4, 0.5) is 32.2 Å². The highest BCUT2D eigenvalue weighted by atomic mass is 19.3. The third kappa shape index (κ3) is 3.73. The standard InChI is InChI=1S/C18H24F2N8/c19-18(20)3-6-28(11-18)16-10-14(22-15-9-13(25-26-15)12-1-2-12)23-17(24-16)27-7-4-21-5-8-27/h9-10,12,21H,1-8,11H2,(H2,22,23,24,25,26). The molecule has 5 rings (SSSR count). The van der Waals surface area contributed by atoms with Crippen molar-refractivity contribution in [1.29, 1.82) is 0 Å². The number of hydrogen-bond acceptors (Lipinski definition) is 7. The number of anilines is 4. The van der Waals surface area contributed by atoms with Crippen LogP contribution >= 0.6 is 0 Å². The maximum Gasteiger partial charge on any atom is 0.266 e. The van der Waals surface area contributed by atoms with Crippen molar-refractivity contribution in [3.05, 3.63) is 17.8 Å². The number of halogens is 2. The van der Waals surface area contributed by atoms with Gasteiger partial charge in [0.15, 0.2) is 5.82 Å². The average Bonchev–Trinajstić information content (AvgIpc) is 3.34. The Morgan fingerprint density at radius 1 is 1.04 bits per heavy atom. The van der Waals surface area contributed by atoms with Crippen LogP contribution in [0.25, 0.3) is 0 Å². The van der Waals surface area contributed by atoms with E-state index in [1.54, 1.807) is 11.0 Å². The zero-order valence-corrected chi connectivity index (χ0v) is 15.6. The highest BCUT2D eigenvalue weighted by molar-refractivity contribution is 5.60. The molecule has 2 aromatic heterocycles. The molecule has 150 valence electrons. The molecule has 28 heavy (non-hydrogen) atoms. The highest BCUT2D eigenvalue weighted by Gasteiger charge is 2.39. The smallest absolute Gasteiger partial charge is 0.266 e. The molecule has 0 unspecified atom stereocenters. The second-order valence-corrected chi connectivity index (χ2v) is 7.78. The van der Waals surface area contributed by atoms with Crippen molar-refractivity contribution in [2.75, 3.05) is 54.4 Å². The van der Waals surface area contributed by atoms with Gasteiger partial charge in [0.25, 0.3) is 5.92 Å². The molecule has 0 atom stereocenters. The quantitative estimate of drug-likeness (QED) is 0.721. The molecule has 3 fully saturated rings. The van der Waals surface area contributed by atoms with Crippen LogP contribution in [0, 0.1) is 0 Å². The molecule has 1 aliphatic carbocycles. The lowest BCUT2D eigenvalue weighted by molar-refractivity contribution is 0.0256. The maximum atomic E-state index is 13.7. The van der Waals surface area contributed by atoms with E-state index in [-0.39, 0.29) is 13.0 Å². The number of piperazine rings is 1. The zero-order valence-electron chi connectivity index (χ0n) is 15.6. The van der Waals surface area contributed by atoms with Crippen LogP contribution in [0.2, 0.25) is 0 Å². The molecule has 10 heteroatoms. The molecular formula is C18H24F2N8. The lowest BCUT2D eigenvalue weighted by atomic mass is 10.3. The van der Waals surface area contributed by atoms with Crippen molar-refractivity contribution in [1.82, 2.24) is 25.5 Å². The summed E-state index contributed by atoms with van der Waals surface area (Å²) < 4.78 is 27.5. The summed E-state index contributed by atoms with van der Waals surface area (Å²) in [6.07, 6.45) is 2.23. The van der Waals surface area contributed by atoms with E-state index in [4.69, 9.17) is 0 Å². The summed E-state index contributed by atoms with van der Waals surface area (Å²) in [5.74, 6) is 0.255. The van der Waals surface area contributed by atoms with Crippen molar-refractivity contribution < 1.29 is 8.78 Å². The van der Waals surface area contributed by atoms with Crippen LogP contribution in [0.1, 0.15) is 30.9 Å². The predicted molar refractivity (Wildman–Crippen MR) is 103 cm³/mol. The Balaban J connectivity index is 1.43. The van der Waals surface area contributed by atoms with E-state index in [1.165, 1.54) is 12.8 Å². The van der Waals surface area contributed by atoms with Gasteiger partial charge in [0.2, 0.25) is 5.95 Å². The summed E-state index contributed by atoms with van der Waals surface area (Å²) in [7, 11) is 0. The molecule has 0 bridgehead atoms. The Morgan fingerprint density at radius 2 is 1.86 bits per heavy atom. The predicted octanol–water partition coefficient (Wildman–Crippen LogP) is 2.08. The van der Waals surface area contributed by atoms with Gasteiger partial charge in [-0.1, -0.05) is 0 Å². The summed E-state index contributed by atoms with van der Waals surface area (Å²) in [5.41, 5.74) is 1.12. The number of alkyl halides is 2. The molecule has 0 spiro atoms. The first kappa shape index (κ1) is 17.6. The van der Waals surface area contributed by atoms with E-state index in [9.17, 15) is 8.78 Å². The number of rotatable bonds is 5. The molecule has 1 saturated carbocycles. The molecule has 0 aromatic carbocycles. The van der Waals surface area contributed by atoms with Crippen LogP contribution in [0.15, 0.2) is 12.1 Å². The van der Waals surface area contributed by atoms with Crippen molar-refractivity contribution in [2.45, 2.75) is 31.1 Å². The van der Waals surface area contributed by atoms with Gasteiger partial charge in [-0.15, -0.1) is 0 Å². The summed E-state index contributed by atoms with van der Waals surface area (Å²) in [5, 5.41) is 13.9. The zero-order chi connectivity index (χ0) is 19.1. The van der Waals surface area contributed by atoms with Crippen molar-refractivity contribution in [3.63, 3.8) is 0 Å². The lowest BCUT2D eigenvalue weighted by Gasteiger charge is -2.28. The molecule has 0 radical (unpaired) electrons. The van der Waals surface area contributed by atoms with Gasteiger partial charge in [-0.25, -0.2) is 8.78 Å². The first-order valence-electron chi connectivity index (χ1n) is 9.86. The van der Waals surface area contributed by atoms with Crippen molar-refractivity contribution >= 4 is 23.4 Å². The van der Waals surface area contributed by atoms with E-state index in [0.717, 1.165) is 31.9 Å². The van der Waals surface area contributed by atoms with E-state index in [2.05, 4.69) is 35.7 Å². The molecule has 0 amide bonds. The molecule has 2 saturated heterocycles. The minimum Gasteiger partial charge on any atom is -0.350 e. The summed E-state index contributed by atoms with van der Waals surface area (Å²) in [6.45, 7) is 3.25. The Labute approximate surface area is 161 Å². The topological polar surface area (TPSA) is 85.0 Å². The van der Waals surface area contributed by atoms with Gasteiger partial charge in [-0.05, 0) is 12.8 Å². The van der Waals surface area contributed by atoms with Gasteiger partial charge in [0.05, 0.1) is 6.54 Å². The largest absolute Gasteiger partial charge is 0.350 e. The molecular weight excluding hydrogens is 366 g/mol. The SMILES string of the molecule is FC1(F)CCN(c2cc(Nc3cc(C4CC4)[nH]n3)nc(N3CCNCC3)n2)C1. The number of nitrogens with zero attached hydrogens (tertiary/aromatic N) is 5. The van der Waals surface area contributed by atoms with Gasteiger partial charge in [-0.3, -0.25) is 5.10 Å². The highest BCUT2D eigenvalue weighted by Crippen LogP contribution is 2.40. The molecule has 3 aliphatic rings. The fourth-order valence-electron chi connectivity index (χ4n) is 3.72. The number of H-pyrrole nitrogens is 1. The Kier molecular flexibility index (Phi) is 4.30. The molecule has 3 N–H and O–H groups in total.